The molecule has 0 atom stereocenters. The molecule has 1 aromatic rings. The number of allylic oxidation sites excluding steroid dienone is 4. The van der Waals surface area contributed by atoms with E-state index in [9.17, 15) is 5.11 Å². The maximum Gasteiger partial charge on any atom is 0.119 e. The van der Waals surface area contributed by atoms with E-state index in [0.717, 1.165) is 30.9 Å². The minimum atomic E-state index is 0.252. The lowest BCUT2D eigenvalue weighted by atomic mass is 10.1. The molecule has 2 rings (SSSR count). The third-order valence-corrected chi connectivity index (χ3v) is 3.37. The minimum absolute atomic E-state index is 0.252. The first-order valence-electron chi connectivity index (χ1n) is 6.75. The lowest BCUT2D eigenvalue weighted by Gasteiger charge is -2.25. The Kier molecular flexibility index (Phi) is 4.93. The van der Waals surface area contributed by atoms with E-state index in [1.54, 1.807) is 31.4 Å². The van der Waals surface area contributed by atoms with E-state index in [1.165, 1.54) is 5.70 Å². The van der Waals surface area contributed by atoms with Gasteiger partial charge in [-0.2, -0.15) is 0 Å². The normalized spacial score (nSPS) is 14.3. The molecule has 1 aliphatic rings. The van der Waals surface area contributed by atoms with Gasteiger partial charge >= 0.3 is 0 Å². The van der Waals surface area contributed by atoms with Gasteiger partial charge in [0.05, 0.1) is 19.4 Å². The quantitative estimate of drug-likeness (QED) is 0.866. The van der Waals surface area contributed by atoms with Gasteiger partial charge in [0.25, 0.3) is 0 Å². The average molecular weight is 275 g/mol. The van der Waals surface area contributed by atoms with Crippen LogP contribution in [0.25, 0.3) is 0 Å². The van der Waals surface area contributed by atoms with Crippen molar-refractivity contribution in [2.45, 2.75) is 12.8 Å². The van der Waals surface area contributed by atoms with Crippen LogP contribution >= 0.6 is 0 Å². The van der Waals surface area contributed by atoms with E-state index in [4.69, 9.17) is 9.47 Å². The number of hydrogen-bond donors (Lipinski definition) is 1. The molecule has 1 N–H and O–H groups in total. The van der Waals surface area contributed by atoms with Gasteiger partial charge in [-0.3, -0.25) is 0 Å². The van der Waals surface area contributed by atoms with Gasteiger partial charge in [-0.1, -0.05) is 0 Å². The van der Waals surface area contributed by atoms with Crippen molar-refractivity contribution < 1.29 is 14.6 Å². The maximum absolute atomic E-state index is 9.20. The van der Waals surface area contributed by atoms with E-state index in [0.29, 0.717) is 6.61 Å². The fourth-order valence-electron chi connectivity index (χ4n) is 2.08. The highest BCUT2D eigenvalue weighted by Crippen LogP contribution is 2.21. The number of phenolic OH excluding ortho intramolecular Hbond substituents is 1. The number of aromatic hydroxyl groups is 1. The van der Waals surface area contributed by atoms with Crippen LogP contribution in [0.2, 0.25) is 0 Å². The summed E-state index contributed by atoms with van der Waals surface area (Å²) in [5.41, 5.74) is 1.29. The zero-order chi connectivity index (χ0) is 14.4. The van der Waals surface area contributed by atoms with Crippen LogP contribution in [0.1, 0.15) is 12.8 Å². The lowest BCUT2D eigenvalue weighted by molar-refractivity contribution is 0.250. The van der Waals surface area contributed by atoms with E-state index < -0.39 is 0 Å². The summed E-state index contributed by atoms with van der Waals surface area (Å²) in [4.78, 5) is 2.20. The third kappa shape index (κ3) is 3.95. The molecule has 0 saturated carbocycles. The largest absolute Gasteiger partial charge is 0.508 e. The van der Waals surface area contributed by atoms with Crippen molar-refractivity contribution >= 4 is 0 Å². The van der Waals surface area contributed by atoms with Crippen LogP contribution < -0.4 is 4.74 Å². The number of ether oxygens (including phenoxy) is 2. The van der Waals surface area contributed by atoms with Crippen molar-refractivity contribution in [3.63, 3.8) is 0 Å². The van der Waals surface area contributed by atoms with E-state index in [1.807, 2.05) is 6.08 Å². The number of rotatable bonds is 6. The molecule has 0 bridgehead atoms. The molecule has 0 radical (unpaired) electrons. The molecule has 4 heteroatoms. The van der Waals surface area contributed by atoms with Crippen LogP contribution in [-0.2, 0) is 4.74 Å². The number of likely N-dealkylation sites (N-methyl/N-ethyl adjacent to an activating group) is 1. The van der Waals surface area contributed by atoms with Gasteiger partial charge in [0, 0.05) is 19.2 Å². The topological polar surface area (TPSA) is 41.9 Å². The maximum atomic E-state index is 9.20. The standard InChI is InChI=1S/C16H21NO3/c1-17(13-3-7-15(19-2)8-4-13)11-12-20-16-9-5-14(18)6-10-16/h3,5-7,9-10,18H,4,8,11-12H2,1-2H3. The van der Waals surface area contributed by atoms with Crippen LogP contribution in [0.4, 0.5) is 0 Å². The Bertz CT molecular complexity index is 491. The second kappa shape index (κ2) is 6.89. The van der Waals surface area contributed by atoms with Crippen LogP contribution in [0.15, 0.2) is 47.9 Å². The van der Waals surface area contributed by atoms with Crippen LogP contribution in [0.3, 0.4) is 0 Å². The van der Waals surface area contributed by atoms with Crippen LogP contribution in [-0.4, -0.2) is 37.3 Å². The fourth-order valence-corrected chi connectivity index (χ4v) is 2.08. The first kappa shape index (κ1) is 14.3. The zero-order valence-electron chi connectivity index (χ0n) is 12.0. The summed E-state index contributed by atoms with van der Waals surface area (Å²) in [6.45, 7) is 1.43. The van der Waals surface area contributed by atoms with Crippen molar-refractivity contribution in [3.05, 3.63) is 47.9 Å². The molecule has 0 aliphatic heterocycles. The monoisotopic (exact) mass is 275 g/mol. The molecule has 0 amide bonds. The van der Waals surface area contributed by atoms with Gasteiger partial charge in [-0.25, -0.2) is 0 Å². The number of benzene rings is 1. The molecular weight excluding hydrogens is 254 g/mol. The highest BCUT2D eigenvalue weighted by atomic mass is 16.5. The summed E-state index contributed by atoms with van der Waals surface area (Å²) in [5, 5.41) is 9.20. The predicted molar refractivity (Wildman–Crippen MR) is 78.6 cm³/mol. The molecule has 1 aromatic carbocycles. The Morgan fingerprint density at radius 2 is 1.90 bits per heavy atom. The van der Waals surface area contributed by atoms with Gasteiger partial charge in [-0.15, -0.1) is 0 Å². The zero-order valence-corrected chi connectivity index (χ0v) is 12.0. The second-order valence-corrected chi connectivity index (χ2v) is 4.76. The Morgan fingerprint density at radius 3 is 2.50 bits per heavy atom. The molecule has 0 unspecified atom stereocenters. The predicted octanol–water partition coefficient (Wildman–Crippen LogP) is 2.91. The molecule has 0 spiro atoms. The highest BCUT2D eigenvalue weighted by molar-refractivity contribution is 5.30. The van der Waals surface area contributed by atoms with Crippen molar-refractivity contribution in [1.82, 2.24) is 4.90 Å². The summed E-state index contributed by atoms with van der Waals surface area (Å²) in [5.74, 6) is 2.06. The first-order valence-corrected chi connectivity index (χ1v) is 6.75. The molecule has 1 aliphatic carbocycles. The number of methoxy groups -OCH3 is 1. The Morgan fingerprint density at radius 1 is 1.15 bits per heavy atom. The molecule has 0 fully saturated rings. The molecule has 0 saturated heterocycles. The molecule has 0 heterocycles. The van der Waals surface area contributed by atoms with Gasteiger partial charge in [0.2, 0.25) is 0 Å². The van der Waals surface area contributed by atoms with Crippen LogP contribution in [0, 0.1) is 0 Å². The van der Waals surface area contributed by atoms with Crippen LogP contribution in [0.5, 0.6) is 11.5 Å². The van der Waals surface area contributed by atoms with E-state index in [2.05, 4.69) is 18.0 Å². The summed E-state index contributed by atoms with van der Waals surface area (Å²) >= 11 is 0. The van der Waals surface area contributed by atoms with E-state index in [-0.39, 0.29) is 5.75 Å². The van der Waals surface area contributed by atoms with Crippen molar-refractivity contribution in [3.8, 4) is 11.5 Å². The summed E-state index contributed by atoms with van der Waals surface area (Å²) in [7, 11) is 3.78. The molecular formula is C16H21NO3. The van der Waals surface area contributed by atoms with Crippen molar-refractivity contribution in [2.24, 2.45) is 0 Å². The Labute approximate surface area is 119 Å². The molecule has 4 nitrogen and oxygen atoms in total. The Balaban J connectivity index is 1.78. The molecule has 0 aromatic heterocycles. The fraction of sp³-hybridized carbons (Fsp3) is 0.375. The SMILES string of the molecule is COC1=CC=C(N(C)CCOc2ccc(O)cc2)CC1. The van der Waals surface area contributed by atoms with Gasteiger partial charge in [0.1, 0.15) is 18.1 Å². The second-order valence-electron chi connectivity index (χ2n) is 4.76. The van der Waals surface area contributed by atoms with Gasteiger partial charge in [0.15, 0.2) is 0 Å². The summed E-state index contributed by atoms with van der Waals surface area (Å²) < 4.78 is 10.9. The van der Waals surface area contributed by atoms with Gasteiger partial charge in [-0.05, 0) is 42.8 Å². The summed E-state index contributed by atoms with van der Waals surface area (Å²) in [6.07, 6.45) is 6.07. The van der Waals surface area contributed by atoms with E-state index >= 15 is 0 Å². The number of phenols is 1. The number of hydrogen-bond acceptors (Lipinski definition) is 4. The molecule has 20 heavy (non-hydrogen) atoms. The molecule has 108 valence electrons. The lowest BCUT2D eigenvalue weighted by Crippen LogP contribution is -2.24. The first-order chi connectivity index (χ1) is 9.69. The van der Waals surface area contributed by atoms with Gasteiger partial charge < -0.3 is 19.5 Å². The van der Waals surface area contributed by atoms with Crippen molar-refractivity contribution in [2.75, 3.05) is 27.3 Å². The smallest absolute Gasteiger partial charge is 0.119 e. The Hall–Kier alpha value is -2.10. The van der Waals surface area contributed by atoms with Crippen molar-refractivity contribution in [1.29, 1.82) is 0 Å². The third-order valence-electron chi connectivity index (χ3n) is 3.37. The highest BCUT2D eigenvalue weighted by Gasteiger charge is 2.10. The minimum Gasteiger partial charge on any atom is -0.508 e. The summed E-state index contributed by atoms with van der Waals surface area (Å²) in [6, 6.07) is 6.78. The average Bonchev–Trinajstić information content (AvgIpc) is 2.49. The number of nitrogens with zero attached hydrogens (tertiary/aromatic N) is 1.